The van der Waals surface area contributed by atoms with Gasteiger partial charge in [-0.1, -0.05) is 0 Å². The molecule has 2 saturated heterocycles. The predicted molar refractivity (Wildman–Crippen MR) is 55.0 cm³/mol. The second-order valence-electron chi connectivity index (χ2n) is 4.36. The highest BCUT2D eigenvalue weighted by molar-refractivity contribution is 5.78. The number of carbonyl (C=O) groups excluding carboxylic acids is 1. The van der Waals surface area contributed by atoms with Gasteiger partial charge in [-0.3, -0.25) is 4.79 Å². The van der Waals surface area contributed by atoms with Gasteiger partial charge in [0.2, 0.25) is 5.91 Å². The molecule has 3 unspecified atom stereocenters. The fraction of sp³-hybridized carbons (Fsp3) is 0.900. The Morgan fingerprint density at radius 3 is 3.00 bits per heavy atom. The molecule has 0 aromatic heterocycles. The van der Waals surface area contributed by atoms with Crippen molar-refractivity contribution in [3.8, 4) is 0 Å². The van der Waals surface area contributed by atoms with Crippen LogP contribution >= 0.6 is 0 Å². The Morgan fingerprint density at radius 2 is 2.36 bits per heavy atom. The van der Waals surface area contributed by atoms with Crippen LogP contribution in [0.4, 0.5) is 0 Å². The zero-order chi connectivity index (χ0) is 9.97. The van der Waals surface area contributed by atoms with Gasteiger partial charge in [-0.2, -0.15) is 0 Å². The molecule has 0 radical (unpaired) electrons. The van der Waals surface area contributed by atoms with Crippen LogP contribution in [-0.2, 0) is 4.79 Å². The molecule has 0 bridgehead atoms. The van der Waals surface area contributed by atoms with E-state index in [-0.39, 0.29) is 5.91 Å². The minimum Gasteiger partial charge on any atom is -0.354 e. The lowest BCUT2D eigenvalue weighted by molar-refractivity contribution is -0.119. The maximum absolute atomic E-state index is 11.0. The fourth-order valence-electron chi connectivity index (χ4n) is 2.30. The lowest BCUT2D eigenvalue weighted by Gasteiger charge is -2.32. The van der Waals surface area contributed by atoms with Crippen LogP contribution in [0.3, 0.4) is 0 Å². The zero-order valence-electron chi connectivity index (χ0n) is 8.68. The number of piperidine rings is 1. The highest BCUT2D eigenvalue weighted by atomic mass is 16.1. The molecule has 2 fully saturated rings. The third kappa shape index (κ3) is 2.25. The van der Waals surface area contributed by atoms with Crippen molar-refractivity contribution in [2.24, 2.45) is 0 Å². The molecule has 2 aliphatic rings. The second kappa shape index (κ2) is 4.28. The Kier molecular flexibility index (Phi) is 3.03. The van der Waals surface area contributed by atoms with E-state index in [0.29, 0.717) is 24.5 Å². The summed E-state index contributed by atoms with van der Waals surface area (Å²) < 4.78 is 0. The summed E-state index contributed by atoms with van der Waals surface area (Å²) >= 11 is 0. The van der Waals surface area contributed by atoms with Gasteiger partial charge < -0.3 is 16.0 Å². The van der Waals surface area contributed by atoms with Crippen molar-refractivity contribution in [3.05, 3.63) is 0 Å². The number of rotatable bonds is 2. The van der Waals surface area contributed by atoms with Crippen LogP contribution in [0, 0.1) is 0 Å². The summed E-state index contributed by atoms with van der Waals surface area (Å²) in [5.74, 6) is 0.180. The van der Waals surface area contributed by atoms with Crippen LogP contribution in [0.2, 0.25) is 0 Å². The van der Waals surface area contributed by atoms with Crippen molar-refractivity contribution >= 4 is 5.91 Å². The fourth-order valence-corrected chi connectivity index (χ4v) is 2.30. The molecule has 4 heteroatoms. The molecule has 2 aliphatic heterocycles. The van der Waals surface area contributed by atoms with E-state index in [4.69, 9.17) is 0 Å². The average molecular weight is 197 g/mol. The van der Waals surface area contributed by atoms with Crippen LogP contribution < -0.4 is 16.0 Å². The largest absolute Gasteiger partial charge is 0.354 e. The smallest absolute Gasteiger partial charge is 0.221 e. The quantitative estimate of drug-likeness (QED) is 0.565. The summed E-state index contributed by atoms with van der Waals surface area (Å²) in [4.78, 5) is 11.0. The molecule has 0 aromatic carbocycles. The Balaban J connectivity index is 1.81. The summed E-state index contributed by atoms with van der Waals surface area (Å²) in [6.07, 6.45) is 3.10. The molecule has 3 atom stereocenters. The van der Waals surface area contributed by atoms with Gasteiger partial charge >= 0.3 is 0 Å². The average Bonchev–Trinajstić information content (AvgIpc) is 2.56. The maximum atomic E-state index is 11.0. The van der Waals surface area contributed by atoms with E-state index in [1.54, 1.807) is 0 Å². The van der Waals surface area contributed by atoms with Gasteiger partial charge in [0.05, 0.1) is 0 Å². The zero-order valence-corrected chi connectivity index (χ0v) is 8.68. The summed E-state index contributed by atoms with van der Waals surface area (Å²) in [7, 11) is 0. The molecule has 0 aromatic rings. The second-order valence-corrected chi connectivity index (χ2v) is 4.36. The van der Waals surface area contributed by atoms with Crippen LogP contribution in [0.5, 0.6) is 0 Å². The van der Waals surface area contributed by atoms with Crippen LogP contribution in [0.25, 0.3) is 0 Å². The molecule has 0 saturated carbocycles. The van der Waals surface area contributed by atoms with Crippen molar-refractivity contribution in [3.63, 3.8) is 0 Å². The number of carbonyl (C=O) groups is 1. The first kappa shape index (κ1) is 9.93. The summed E-state index contributed by atoms with van der Waals surface area (Å²) in [6, 6.07) is 1.40. The minimum absolute atomic E-state index is 0.180. The van der Waals surface area contributed by atoms with E-state index in [2.05, 4.69) is 22.9 Å². The third-order valence-corrected chi connectivity index (χ3v) is 3.19. The first-order valence-corrected chi connectivity index (χ1v) is 5.52. The Bertz CT molecular complexity index is 219. The molecule has 14 heavy (non-hydrogen) atoms. The van der Waals surface area contributed by atoms with Crippen molar-refractivity contribution in [1.29, 1.82) is 0 Å². The van der Waals surface area contributed by atoms with Crippen LogP contribution in [0.1, 0.15) is 26.2 Å². The first-order valence-electron chi connectivity index (χ1n) is 5.52. The van der Waals surface area contributed by atoms with E-state index in [1.807, 2.05) is 0 Å². The van der Waals surface area contributed by atoms with Gasteiger partial charge in [-0.05, 0) is 26.3 Å². The monoisotopic (exact) mass is 197 g/mol. The normalized spacial score (nSPS) is 38.4. The van der Waals surface area contributed by atoms with Gasteiger partial charge in [0.25, 0.3) is 0 Å². The summed E-state index contributed by atoms with van der Waals surface area (Å²) in [5.41, 5.74) is 0. The van der Waals surface area contributed by atoms with Gasteiger partial charge in [-0.25, -0.2) is 0 Å². The summed E-state index contributed by atoms with van der Waals surface area (Å²) in [6.45, 7) is 4.13. The predicted octanol–water partition coefficient (Wildman–Crippen LogP) is -0.395. The van der Waals surface area contributed by atoms with E-state index >= 15 is 0 Å². The van der Waals surface area contributed by atoms with Gasteiger partial charge in [-0.15, -0.1) is 0 Å². The number of hydrogen-bond acceptors (Lipinski definition) is 3. The molecule has 4 nitrogen and oxygen atoms in total. The molecule has 2 rings (SSSR count). The van der Waals surface area contributed by atoms with Gasteiger partial charge in [0, 0.05) is 31.1 Å². The van der Waals surface area contributed by atoms with E-state index < -0.39 is 0 Å². The first-order chi connectivity index (χ1) is 6.75. The minimum atomic E-state index is 0.180. The van der Waals surface area contributed by atoms with Crippen molar-refractivity contribution in [1.82, 2.24) is 16.0 Å². The standard InChI is InChI=1S/C10H19N3O/c1-7-9(3-2-4-11-7)13-8-5-10(14)12-6-8/h7-9,11,13H,2-6H2,1H3,(H,12,14). The van der Waals surface area contributed by atoms with E-state index in [9.17, 15) is 4.79 Å². The maximum Gasteiger partial charge on any atom is 0.221 e. The number of amides is 1. The summed E-state index contributed by atoms with van der Waals surface area (Å²) in [5, 5.41) is 9.85. The van der Waals surface area contributed by atoms with Crippen molar-refractivity contribution < 1.29 is 4.79 Å². The van der Waals surface area contributed by atoms with Crippen LogP contribution in [0.15, 0.2) is 0 Å². The van der Waals surface area contributed by atoms with Crippen LogP contribution in [-0.4, -0.2) is 37.1 Å². The topological polar surface area (TPSA) is 53.2 Å². The highest BCUT2D eigenvalue weighted by Gasteiger charge is 2.27. The molecular weight excluding hydrogens is 178 g/mol. The lowest BCUT2D eigenvalue weighted by atomic mass is 9.99. The Morgan fingerprint density at radius 1 is 1.50 bits per heavy atom. The third-order valence-electron chi connectivity index (χ3n) is 3.19. The molecule has 80 valence electrons. The molecular formula is C10H19N3O. The van der Waals surface area contributed by atoms with Gasteiger partial charge in [0.15, 0.2) is 0 Å². The molecule has 3 N–H and O–H groups in total. The lowest BCUT2D eigenvalue weighted by Crippen LogP contribution is -2.53. The highest BCUT2D eigenvalue weighted by Crippen LogP contribution is 2.11. The van der Waals surface area contributed by atoms with Gasteiger partial charge in [0.1, 0.15) is 0 Å². The number of hydrogen-bond donors (Lipinski definition) is 3. The number of nitrogens with one attached hydrogen (secondary N) is 3. The Hall–Kier alpha value is -0.610. The molecule has 1 amide bonds. The molecule has 2 heterocycles. The van der Waals surface area contributed by atoms with E-state index in [0.717, 1.165) is 13.1 Å². The van der Waals surface area contributed by atoms with E-state index in [1.165, 1.54) is 12.8 Å². The van der Waals surface area contributed by atoms with Crippen molar-refractivity contribution in [2.75, 3.05) is 13.1 Å². The molecule has 0 aliphatic carbocycles. The Labute approximate surface area is 84.8 Å². The SMILES string of the molecule is CC1NCCCC1NC1CNC(=O)C1. The molecule has 0 spiro atoms. The van der Waals surface area contributed by atoms with Crippen molar-refractivity contribution in [2.45, 2.75) is 44.3 Å².